The number of esters is 1. The Balaban J connectivity index is 2.76. The molecule has 0 saturated heterocycles. The minimum Gasteiger partial charge on any atom is -0.466 e. The molecule has 3 nitrogen and oxygen atoms in total. The molecule has 2 rings (SSSR count). The molecule has 144 valence electrons. The number of carbonyl (C=O) groups excluding carboxylic acids is 1. The molecule has 0 fully saturated rings. The van der Waals surface area contributed by atoms with Crippen LogP contribution in [-0.4, -0.2) is 25.0 Å². The number of aromatic nitrogens is 1. The van der Waals surface area contributed by atoms with Gasteiger partial charge in [-0.2, -0.15) is 0 Å². The second-order valence-electron chi connectivity index (χ2n) is 8.02. The van der Waals surface area contributed by atoms with Crippen LogP contribution >= 0.6 is 0 Å². The molecule has 0 aliphatic rings. The SMILES string of the molecule is CCOC(=O)Cc1cn([Si](C(C)C)(C(C)C)C(C)C)c2ccc(F)cc12. The van der Waals surface area contributed by atoms with Crippen molar-refractivity contribution in [2.24, 2.45) is 0 Å². The Morgan fingerprint density at radius 2 is 1.69 bits per heavy atom. The zero-order valence-electron chi connectivity index (χ0n) is 17.1. The van der Waals surface area contributed by atoms with Gasteiger partial charge in [-0.3, -0.25) is 4.79 Å². The fraction of sp³-hybridized carbons (Fsp3) is 0.571. The average Bonchev–Trinajstić information content (AvgIpc) is 2.85. The number of benzene rings is 1. The predicted octanol–water partition coefficient (Wildman–Crippen LogP) is 5.91. The number of halogens is 1. The van der Waals surface area contributed by atoms with Crippen molar-refractivity contribution in [1.82, 2.24) is 4.23 Å². The summed E-state index contributed by atoms with van der Waals surface area (Å²) in [7, 11) is -1.99. The summed E-state index contributed by atoms with van der Waals surface area (Å²) >= 11 is 0. The predicted molar refractivity (Wildman–Crippen MR) is 109 cm³/mol. The highest BCUT2D eigenvalue weighted by molar-refractivity contribution is 6.82. The lowest BCUT2D eigenvalue weighted by molar-refractivity contribution is -0.142. The molecule has 0 aliphatic heterocycles. The maximum absolute atomic E-state index is 14.0. The molecule has 0 N–H and O–H groups in total. The molecule has 0 bridgehead atoms. The normalized spacial score (nSPS) is 12.6. The monoisotopic (exact) mass is 377 g/mol. The second-order valence-corrected chi connectivity index (χ2v) is 13.7. The zero-order chi connectivity index (χ0) is 19.6. The van der Waals surface area contributed by atoms with Crippen molar-refractivity contribution in [2.45, 2.75) is 71.5 Å². The van der Waals surface area contributed by atoms with E-state index in [-0.39, 0.29) is 18.2 Å². The lowest BCUT2D eigenvalue weighted by Crippen LogP contribution is -2.51. The Hall–Kier alpha value is -1.62. The molecule has 1 heterocycles. The van der Waals surface area contributed by atoms with Gasteiger partial charge in [-0.05, 0) is 47.3 Å². The Morgan fingerprint density at radius 1 is 1.12 bits per heavy atom. The van der Waals surface area contributed by atoms with E-state index in [2.05, 4.69) is 52.0 Å². The Bertz CT molecular complexity index is 758. The van der Waals surface area contributed by atoms with E-state index in [4.69, 9.17) is 4.74 Å². The van der Waals surface area contributed by atoms with Crippen LogP contribution < -0.4 is 0 Å². The molecule has 5 heteroatoms. The lowest BCUT2D eigenvalue weighted by atomic mass is 10.1. The van der Waals surface area contributed by atoms with Gasteiger partial charge in [0.1, 0.15) is 5.82 Å². The number of hydrogen-bond acceptors (Lipinski definition) is 2. The van der Waals surface area contributed by atoms with E-state index in [1.807, 2.05) is 6.07 Å². The minimum absolute atomic E-state index is 0.180. The van der Waals surface area contributed by atoms with Crippen molar-refractivity contribution in [3.63, 3.8) is 0 Å². The molecule has 0 atom stereocenters. The third-order valence-corrected chi connectivity index (χ3v) is 12.4. The zero-order valence-corrected chi connectivity index (χ0v) is 18.1. The van der Waals surface area contributed by atoms with Crippen molar-refractivity contribution >= 4 is 25.1 Å². The summed E-state index contributed by atoms with van der Waals surface area (Å²) in [6.07, 6.45) is 2.28. The molecule has 0 radical (unpaired) electrons. The summed E-state index contributed by atoms with van der Waals surface area (Å²) in [5.74, 6) is -0.534. The molecule has 26 heavy (non-hydrogen) atoms. The molecule has 2 aromatic rings. The quantitative estimate of drug-likeness (QED) is 0.444. The first kappa shape index (κ1) is 20.7. The van der Waals surface area contributed by atoms with E-state index < -0.39 is 8.24 Å². The smallest absolute Gasteiger partial charge is 0.310 e. The molecule has 0 aliphatic carbocycles. The summed E-state index contributed by atoms with van der Waals surface area (Å²) in [6.45, 7) is 15.9. The number of carbonyl (C=O) groups is 1. The summed E-state index contributed by atoms with van der Waals surface area (Å²) in [4.78, 5) is 12.1. The van der Waals surface area contributed by atoms with Crippen LogP contribution in [0, 0.1) is 5.82 Å². The van der Waals surface area contributed by atoms with E-state index >= 15 is 0 Å². The standard InChI is InChI=1S/C21H32FNO2Si/c1-8-25-21(24)11-17-13-23(20-10-9-18(22)12-19(17)20)26(14(2)3,15(4)5)16(6)7/h9-10,12-16H,8,11H2,1-7H3. The van der Waals surface area contributed by atoms with Gasteiger partial charge in [-0.25, -0.2) is 4.39 Å². The van der Waals surface area contributed by atoms with Gasteiger partial charge in [0.15, 0.2) is 8.24 Å². The van der Waals surface area contributed by atoms with Gasteiger partial charge < -0.3 is 8.97 Å². The number of ether oxygens (including phenoxy) is 1. The highest BCUT2D eigenvalue weighted by Gasteiger charge is 2.46. The maximum Gasteiger partial charge on any atom is 0.310 e. The number of rotatable bonds is 7. The van der Waals surface area contributed by atoms with Crippen LogP contribution in [0.15, 0.2) is 24.4 Å². The fourth-order valence-electron chi connectivity index (χ4n) is 4.93. The summed E-state index contributed by atoms with van der Waals surface area (Å²) in [5.41, 5.74) is 3.43. The molecule has 1 aromatic heterocycles. The topological polar surface area (TPSA) is 31.2 Å². The van der Waals surface area contributed by atoms with Crippen LogP contribution in [0.5, 0.6) is 0 Å². The van der Waals surface area contributed by atoms with Gasteiger partial charge in [0.05, 0.1) is 13.0 Å². The second kappa shape index (κ2) is 7.95. The van der Waals surface area contributed by atoms with Gasteiger partial charge in [-0.1, -0.05) is 41.5 Å². The first-order valence-electron chi connectivity index (χ1n) is 9.61. The van der Waals surface area contributed by atoms with E-state index in [0.29, 0.717) is 23.2 Å². The van der Waals surface area contributed by atoms with Crippen LogP contribution in [-0.2, 0) is 16.0 Å². The Morgan fingerprint density at radius 3 is 2.19 bits per heavy atom. The average molecular weight is 378 g/mol. The maximum atomic E-state index is 14.0. The van der Waals surface area contributed by atoms with Crippen molar-refractivity contribution in [1.29, 1.82) is 0 Å². The van der Waals surface area contributed by atoms with Crippen LogP contribution in [0.25, 0.3) is 10.9 Å². The third-order valence-electron chi connectivity index (χ3n) is 5.68. The highest BCUT2D eigenvalue weighted by atomic mass is 28.3. The number of fused-ring (bicyclic) bond motifs is 1. The van der Waals surface area contributed by atoms with Crippen molar-refractivity contribution in [3.05, 3.63) is 35.8 Å². The highest BCUT2D eigenvalue weighted by Crippen LogP contribution is 2.45. The first-order chi connectivity index (χ1) is 12.2. The summed E-state index contributed by atoms with van der Waals surface area (Å²) in [6, 6.07) is 4.95. The lowest BCUT2D eigenvalue weighted by Gasteiger charge is -2.44. The van der Waals surface area contributed by atoms with Crippen molar-refractivity contribution < 1.29 is 13.9 Å². The molecule has 0 unspecified atom stereocenters. The fourth-order valence-corrected chi connectivity index (χ4v) is 11.6. The molecule has 0 saturated carbocycles. The van der Waals surface area contributed by atoms with Gasteiger partial charge in [0, 0.05) is 17.1 Å². The van der Waals surface area contributed by atoms with Crippen molar-refractivity contribution in [3.8, 4) is 0 Å². The van der Waals surface area contributed by atoms with Gasteiger partial charge >= 0.3 is 5.97 Å². The van der Waals surface area contributed by atoms with Gasteiger partial charge in [0.25, 0.3) is 0 Å². The molecule has 0 amide bonds. The van der Waals surface area contributed by atoms with E-state index in [1.165, 1.54) is 6.07 Å². The van der Waals surface area contributed by atoms with E-state index in [0.717, 1.165) is 16.5 Å². The van der Waals surface area contributed by atoms with Gasteiger partial charge in [-0.15, -0.1) is 0 Å². The summed E-state index contributed by atoms with van der Waals surface area (Å²) < 4.78 is 21.5. The van der Waals surface area contributed by atoms with Crippen LogP contribution in [0.3, 0.4) is 0 Å². The van der Waals surface area contributed by atoms with E-state index in [1.54, 1.807) is 13.0 Å². The molecular weight excluding hydrogens is 345 g/mol. The molecule has 0 spiro atoms. The van der Waals surface area contributed by atoms with E-state index in [9.17, 15) is 9.18 Å². The number of hydrogen-bond donors (Lipinski definition) is 0. The van der Waals surface area contributed by atoms with Crippen LogP contribution in [0.2, 0.25) is 16.6 Å². The van der Waals surface area contributed by atoms with Crippen molar-refractivity contribution in [2.75, 3.05) is 6.61 Å². The van der Waals surface area contributed by atoms with Gasteiger partial charge in [0.2, 0.25) is 0 Å². The van der Waals surface area contributed by atoms with Crippen LogP contribution in [0.1, 0.15) is 54.0 Å². The largest absolute Gasteiger partial charge is 0.466 e. The third kappa shape index (κ3) is 3.46. The number of nitrogens with zero attached hydrogens (tertiary/aromatic N) is 1. The molecule has 1 aromatic carbocycles. The summed E-state index contributed by atoms with van der Waals surface area (Å²) in [5, 5.41) is 0.830. The van der Waals surface area contributed by atoms with Crippen LogP contribution in [0.4, 0.5) is 4.39 Å². The minimum atomic E-state index is -1.99. The molecular formula is C21H32FNO2Si. The first-order valence-corrected chi connectivity index (χ1v) is 11.8. The Kier molecular flexibility index (Phi) is 6.32. The Labute approximate surface area is 157 Å².